The molecule has 2 N–H and O–H groups in total. The average molecular weight is 356 g/mol. The predicted molar refractivity (Wildman–Crippen MR) is 105 cm³/mol. The van der Waals surface area contributed by atoms with Crippen LogP contribution in [0.2, 0.25) is 0 Å². The lowest BCUT2D eigenvalue weighted by atomic mass is 10.1. The molecule has 0 atom stereocenters. The Balaban J connectivity index is 1.56. The molecule has 0 amide bonds. The first-order chi connectivity index (χ1) is 12.2. The standard InChI is InChI=1S/C19H24N4OS/c1-15-6-7-20-18(12-15)22-19(25)21-13-16-4-2-3-5-17(16)14-23-8-10-24-11-9-23/h2-7,12H,8-11,13-14H2,1H3,(H2,20,21,22,25). The molecule has 3 rings (SSSR count). The van der Waals surface area contributed by atoms with E-state index in [1.807, 2.05) is 19.1 Å². The van der Waals surface area contributed by atoms with Gasteiger partial charge in [-0.15, -0.1) is 0 Å². The fourth-order valence-electron chi connectivity index (χ4n) is 2.82. The monoisotopic (exact) mass is 356 g/mol. The minimum absolute atomic E-state index is 0.583. The van der Waals surface area contributed by atoms with Crippen molar-refractivity contribution in [1.29, 1.82) is 0 Å². The van der Waals surface area contributed by atoms with Gasteiger partial charge in [0, 0.05) is 32.4 Å². The summed E-state index contributed by atoms with van der Waals surface area (Å²) >= 11 is 5.39. The molecular weight excluding hydrogens is 332 g/mol. The molecule has 0 spiro atoms. The minimum atomic E-state index is 0.583. The Labute approximate surface area is 154 Å². The summed E-state index contributed by atoms with van der Waals surface area (Å²) in [7, 11) is 0. The highest BCUT2D eigenvalue weighted by Gasteiger charge is 2.12. The number of nitrogens with zero attached hydrogens (tertiary/aromatic N) is 2. The van der Waals surface area contributed by atoms with Crippen molar-refractivity contribution in [3.05, 3.63) is 59.3 Å². The van der Waals surface area contributed by atoms with Crippen LogP contribution in [0.5, 0.6) is 0 Å². The van der Waals surface area contributed by atoms with Crippen molar-refractivity contribution < 1.29 is 4.74 Å². The molecular formula is C19H24N4OS. The van der Waals surface area contributed by atoms with E-state index in [2.05, 4.69) is 44.8 Å². The Morgan fingerprint density at radius 3 is 2.72 bits per heavy atom. The third-order valence-electron chi connectivity index (χ3n) is 4.21. The van der Waals surface area contributed by atoms with Crippen molar-refractivity contribution in [2.24, 2.45) is 0 Å². The highest BCUT2D eigenvalue weighted by molar-refractivity contribution is 7.80. The second kappa shape index (κ2) is 8.89. The van der Waals surface area contributed by atoms with Gasteiger partial charge in [-0.05, 0) is 48.0 Å². The number of hydrogen-bond donors (Lipinski definition) is 2. The van der Waals surface area contributed by atoms with Gasteiger partial charge >= 0.3 is 0 Å². The molecule has 1 saturated heterocycles. The SMILES string of the molecule is Cc1ccnc(NC(=S)NCc2ccccc2CN2CCOCC2)c1. The first-order valence-corrected chi connectivity index (χ1v) is 8.96. The van der Waals surface area contributed by atoms with Gasteiger partial charge in [0.25, 0.3) is 0 Å². The summed E-state index contributed by atoms with van der Waals surface area (Å²) < 4.78 is 5.43. The molecule has 1 fully saturated rings. The molecule has 0 saturated carbocycles. The van der Waals surface area contributed by atoms with Crippen molar-refractivity contribution >= 4 is 23.1 Å². The van der Waals surface area contributed by atoms with E-state index in [4.69, 9.17) is 17.0 Å². The maximum absolute atomic E-state index is 5.43. The summed E-state index contributed by atoms with van der Waals surface area (Å²) in [5, 5.41) is 7.00. The van der Waals surface area contributed by atoms with E-state index in [9.17, 15) is 0 Å². The van der Waals surface area contributed by atoms with Crippen molar-refractivity contribution in [3.63, 3.8) is 0 Å². The van der Waals surface area contributed by atoms with Gasteiger partial charge in [0.15, 0.2) is 5.11 Å². The molecule has 25 heavy (non-hydrogen) atoms. The van der Waals surface area contributed by atoms with Crippen molar-refractivity contribution in [2.75, 3.05) is 31.6 Å². The van der Waals surface area contributed by atoms with Crippen LogP contribution < -0.4 is 10.6 Å². The second-order valence-corrected chi connectivity index (χ2v) is 6.59. The molecule has 0 bridgehead atoms. The molecule has 1 aromatic heterocycles. The summed E-state index contributed by atoms with van der Waals surface area (Å²) in [6, 6.07) is 12.4. The molecule has 2 heterocycles. The molecule has 0 aliphatic carbocycles. The van der Waals surface area contributed by atoms with Crippen LogP contribution in [0.3, 0.4) is 0 Å². The molecule has 1 aromatic carbocycles. The number of morpholine rings is 1. The smallest absolute Gasteiger partial charge is 0.172 e. The van der Waals surface area contributed by atoms with Gasteiger partial charge < -0.3 is 15.4 Å². The van der Waals surface area contributed by atoms with Gasteiger partial charge in [0.1, 0.15) is 5.82 Å². The Kier molecular flexibility index (Phi) is 6.33. The second-order valence-electron chi connectivity index (χ2n) is 6.18. The van der Waals surface area contributed by atoms with Crippen LogP contribution in [0.25, 0.3) is 0 Å². The average Bonchev–Trinajstić information content (AvgIpc) is 2.62. The molecule has 1 aliphatic heterocycles. The Hall–Kier alpha value is -2.02. The Morgan fingerprint density at radius 1 is 1.20 bits per heavy atom. The Morgan fingerprint density at radius 2 is 1.96 bits per heavy atom. The van der Waals surface area contributed by atoms with Gasteiger partial charge in [-0.25, -0.2) is 4.98 Å². The Bertz CT molecular complexity index is 716. The molecule has 2 aromatic rings. The third-order valence-corrected chi connectivity index (χ3v) is 4.46. The lowest BCUT2D eigenvalue weighted by molar-refractivity contribution is 0.0341. The number of hydrogen-bond acceptors (Lipinski definition) is 4. The fraction of sp³-hybridized carbons (Fsp3) is 0.368. The lowest BCUT2D eigenvalue weighted by Gasteiger charge is -2.27. The van der Waals surface area contributed by atoms with Crippen LogP contribution in [-0.2, 0) is 17.8 Å². The number of pyridine rings is 1. The normalized spacial score (nSPS) is 14.9. The molecule has 6 heteroatoms. The summed E-state index contributed by atoms with van der Waals surface area (Å²) in [6.07, 6.45) is 1.78. The van der Waals surface area contributed by atoms with Crippen molar-refractivity contribution in [2.45, 2.75) is 20.0 Å². The first kappa shape index (κ1) is 17.8. The fourth-order valence-corrected chi connectivity index (χ4v) is 3.00. The molecule has 0 radical (unpaired) electrons. The number of aryl methyl sites for hydroxylation is 1. The summed E-state index contributed by atoms with van der Waals surface area (Å²) in [5.41, 5.74) is 3.74. The molecule has 0 unspecified atom stereocenters. The maximum atomic E-state index is 5.43. The van der Waals surface area contributed by atoms with Gasteiger partial charge in [0.05, 0.1) is 13.2 Å². The maximum Gasteiger partial charge on any atom is 0.172 e. The van der Waals surface area contributed by atoms with E-state index in [0.717, 1.165) is 44.2 Å². The summed E-state index contributed by atoms with van der Waals surface area (Å²) in [6.45, 7) is 7.28. The van der Waals surface area contributed by atoms with Crippen LogP contribution in [0.1, 0.15) is 16.7 Å². The highest BCUT2D eigenvalue weighted by Crippen LogP contribution is 2.13. The molecule has 132 valence electrons. The van der Waals surface area contributed by atoms with Gasteiger partial charge in [0.2, 0.25) is 0 Å². The van der Waals surface area contributed by atoms with E-state index in [0.29, 0.717) is 11.7 Å². The van der Waals surface area contributed by atoms with Gasteiger partial charge in [-0.3, -0.25) is 4.90 Å². The zero-order chi connectivity index (χ0) is 17.5. The number of nitrogens with one attached hydrogen (secondary N) is 2. The van der Waals surface area contributed by atoms with E-state index >= 15 is 0 Å². The zero-order valence-electron chi connectivity index (χ0n) is 14.5. The quantitative estimate of drug-likeness (QED) is 0.804. The van der Waals surface area contributed by atoms with Crippen molar-refractivity contribution in [1.82, 2.24) is 15.2 Å². The predicted octanol–water partition coefficient (Wildman–Crippen LogP) is 2.71. The summed E-state index contributed by atoms with van der Waals surface area (Å²) in [5.74, 6) is 0.763. The van der Waals surface area contributed by atoms with E-state index in [-0.39, 0.29) is 0 Å². The molecule has 5 nitrogen and oxygen atoms in total. The van der Waals surface area contributed by atoms with Crippen LogP contribution in [0.4, 0.5) is 5.82 Å². The van der Waals surface area contributed by atoms with Gasteiger partial charge in [-0.2, -0.15) is 0 Å². The van der Waals surface area contributed by atoms with Crippen LogP contribution >= 0.6 is 12.2 Å². The van der Waals surface area contributed by atoms with Gasteiger partial charge in [-0.1, -0.05) is 24.3 Å². The topological polar surface area (TPSA) is 49.4 Å². The third kappa shape index (κ3) is 5.49. The highest BCUT2D eigenvalue weighted by atomic mass is 32.1. The van der Waals surface area contributed by atoms with Crippen LogP contribution in [0, 0.1) is 6.92 Å². The van der Waals surface area contributed by atoms with E-state index < -0.39 is 0 Å². The largest absolute Gasteiger partial charge is 0.379 e. The van der Waals surface area contributed by atoms with Crippen molar-refractivity contribution in [3.8, 4) is 0 Å². The van der Waals surface area contributed by atoms with Crippen LogP contribution in [0.15, 0.2) is 42.6 Å². The number of benzene rings is 1. The molecule has 1 aliphatic rings. The number of ether oxygens (including phenoxy) is 1. The number of anilines is 1. The minimum Gasteiger partial charge on any atom is -0.379 e. The van der Waals surface area contributed by atoms with Crippen LogP contribution in [-0.4, -0.2) is 41.3 Å². The zero-order valence-corrected chi connectivity index (χ0v) is 15.3. The summed E-state index contributed by atoms with van der Waals surface area (Å²) in [4.78, 5) is 6.70. The number of thiocarbonyl (C=S) groups is 1. The number of aromatic nitrogens is 1. The lowest BCUT2D eigenvalue weighted by Crippen LogP contribution is -2.36. The first-order valence-electron chi connectivity index (χ1n) is 8.55. The van der Waals surface area contributed by atoms with E-state index in [1.54, 1.807) is 6.20 Å². The number of rotatable bonds is 5. The van der Waals surface area contributed by atoms with E-state index in [1.165, 1.54) is 11.1 Å².